The molecule has 1 atom stereocenters. The summed E-state index contributed by atoms with van der Waals surface area (Å²) in [6.45, 7) is 1.32. The Morgan fingerprint density at radius 1 is 1.12 bits per heavy atom. The van der Waals surface area contributed by atoms with Crippen LogP contribution in [0.5, 0.6) is 0 Å². The van der Waals surface area contributed by atoms with Gasteiger partial charge in [-0.25, -0.2) is 14.8 Å². The molecule has 2 aromatic carbocycles. The zero-order chi connectivity index (χ0) is 17.9. The summed E-state index contributed by atoms with van der Waals surface area (Å²) >= 11 is 0. The van der Waals surface area contributed by atoms with Gasteiger partial charge in [0.2, 0.25) is 5.95 Å². The van der Waals surface area contributed by atoms with Gasteiger partial charge in [-0.05, 0) is 13.0 Å². The molecule has 2 N–H and O–H groups in total. The maximum absolute atomic E-state index is 11.6. The molecule has 0 aliphatic carbocycles. The molecule has 0 aliphatic rings. The fourth-order valence-corrected chi connectivity index (χ4v) is 2.51. The van der Waals surface area contributed by atoms with Gasteiger partial charge in [0.25, 0.3) is 0 Å². The van der Waals surface area contributed by atoms with Gasteiger partial charge in [-0.3, -0.25) is 0 Å². The van der Waals surface area contributed by atoms with E-state index in [1.807, 2.05) is 54.6 Å². The van der Waals surface area contributed by atoms with Crippen molar-refractivity contribution in [3.8, 4) is 11.3 Å². The molecule has 0 spiro atoms. The van der Waals surface area contributed by atoms with Gasteiger partial charge in [0.1, 0.15) is 0 Å². The topological polar surface area (TPSA) is 84.3 Å². The molecule has 1 aromatic heterocycles. The minimum absolute atomic E-state index is 0.0633. The van der Waals surface area contributed by atoms with Crippen LogP contribution in [0.2, 0.25) is 0 Å². The molecule has 3 rings (SSSR count). The molecule has 128 valence electrons. The fourth-order valence-electron chi connectivity index (χ4n) is 2.51. The van der Waals surface area contributed by atoms with Crippen LogP contribution in [0.1, 0.15) is 6.92 Å². The number of para-hydroxylation sites is 1. The number of benzene rings is 2. The molecule has 0 radical (unpaired) electrons. The number of carbonyl (C=O) groups excluding carboxylic acids is 1. The molecule has 0 amide bonds. The lowest BCUT2D eigenvalue weighted by Gasteiger charge is -2.20. The normalized spacial score (nSPS) is 13.2. The Balaban J connectivity index is 1.99. The van der Waals surface area contributed by atoms with E-state index in [2.05, 4.69) is 20.0 Å². The molecule has 6 nitrogen and oxygen atoms in total. The maximum Gasteiger partial charge on any atom is 0.339 e. The second-order valence-electron chi connectivity index (χ2n) is 5.90. The summed E-state index contributed by atoms with van der Waals surface area (Å²) in [4.78, 5) is 20.6. The average molecular weight is 337 g/mol. The van der Waals surface area contributed by atoms with Crippen LogP contribution in [0, 0.1) is 0 Å². The largest absolute Gasteiger partial charge is 0.467 e. The lowest BCUT2D eigenvalue weighted by atomic mass is 10.1. The second kappa shape index (κ2) is 6.86. The van der Waals surface area contributed by atoms with E-state index >= 15 is 0 Å². The number of ether oxygens (including phenoxy) is 1. The minimum Gasteiger partial charge on any atom is -0.467 e. The van der Waals surface area contributed by atoms with Crippen molar-refractivity contribution in [2.24, 2.45) is 0 Å². The molecule has 0 bridgehead atoms. The van der Waals surface area contributed by atoms with Crippen molar-refractivity contribution in [3.63, 3.8) is 0 Å². The van der Waals surface area contributed by atoms with Crippen LogP contribution in [0.4, 0.5) is 5.95 Å². The standard InChI is InChI=1S/C19H19N3O3/c1-19(24,17(23)25-2)12-20-18-21-15-11-7-6-10-14(15)16(22-18)13-8-4-3-5-9-13/h3-11,24H,12H2,1-2H3,(H,20,21,22). The lowest BCUT2D eigenvalue weighted by Crippen LogP contribution is -2.43. The van der Waals surface area contributed by atoms with Crippen molar-refractivity contribution in [2.75, 3.05) is 19.0 Å². The third-order valence-corrected chi connectivity index (χ3v) is 3.87. The van der Waals surface area contributed by atoms with E-state index in [1.165, 1.54) is 14.0 Å². The number of hydrogen-bond donors (Lipinski definition) is 2. The second-order valence-corrected chi connectivity index (χ2v) is 5.90. The lowest BCUT2D eigenvalue weighted by molar-refractivity contribution is -0.158. The van der Waals surface area contributed by atoms with Crippen LogP contribution >= 0.6 is 0 Å². The zero-order valence-electron chi connectivity index (χ0n) is 14.1. The Morgan fingerprint density at radius 3 is 2.52 bits per heavy atom. The third kappa shape index (κ3) is 3.59. The van der Waals surface area contributed by atoms with E-state index in [1.54, 1.807) is 0 Å². The molecular weight excluding hydrogens is 318 g/mol. The predicted octanol–water partition coefficient (Wildman–Crippen LogP) is 2.63. The first kappa shape index (κ1) is 16.9. The van der Waals surface area contributed by atoms with Gasteiger partial charge in [0, 0.05) is 10.9 Å². The highest BCUT2D eigenvalue weighted by atomic mass is 16.5. The van der Waals surface area contributed by atoms with Crippen LogP contribution in [-0.4, -0.2) is 40.3 Å². The van der Waals surface area contributed by atoms with E-state index in [9.17, 15) is 9.90 Å². The number of rotatable bonds is 5. The smallest absolute Gasteiger partial charge is 0.339 e. The van der Waals surface area contributed by atoms with Crippen LogP contribution in [0.25, 0.3) is 22.2 Å². The van der Waals surface area contributed by atoms with Crippen molar-refractivity contribution >= 4 is 22.8 Å². The molecule has 1 heterocycles. The number of aromatic nitrogens is 2. The Bertz CT molecular complexity index is 895. The molecule has 25 heavy (non-hydrogen) atoms. The van der Waals surface area contributed by atoms with Gasteiger partial charge >= 0.3 is 5.97 Å². The Labute approximate surface area is 145 Å². The zero-order valence-corrected chi connectivity index (χ0v) is 14.1. The van der Waals surface area contributed by atoms with Crippen molar-refractivity contribution in [3.05, 3.63) is 54.6 Å². The van der Waals surface area contributed by atoms with Crippen molar-refractivity contribution in [2.45, 2.75) is 12.5 Å². The van der Waals surface area contributed by atoms with Crippen LogP contribution in [0.3, 0.4) is 0 Å². The molecule has 1 unspecified atom stereocenters. The fraction of sp³-hybridized carbons (Fsp3) is 0.211. The summed E-state index contributed by atoms with van der Waals surface area (Å²) in [7, 11) is 1.23. The van der Waals surface area contributed by atoms with E-state index < -0.39 is 11.6 Å². The number of nitrogens with zero attached hydrogens (tertiary/aromatic N) is 2. The third-order valence-electron chi connectivity index (χ3n) is 3.87. The SMILES string of the molecule is COC(=O)C(C)(O)CNc1nc(-c2ccccc2)c2ccccc2n1. The highest BCUT2D eigenvalue weighted by molar-refractivity contribution is 5.93. The van der Waals surface area contributed by atoms with Crippen molar-refractivity contribution in [1.29, 1.82) is 0 Å². The van der Waals surface area contributed by atoms with E-state index in [-0.39, 0.29) is 6.54 Å². The molecule has 0 aliphatic heterocycles. The van der Waals surface area contributed by atoms with Gasteiger partial charge in [-0.2, -0.15) is 0 Å². The van der Waals surface area contributed by atoms with Crippen LogP contribution in [0.15, 0.2) is 54.6 Å². The monoisotopic (exact) mass is 337 g/mol. The predicted molar refractivity (Wildman–Crippen MR) is 96.1 cm³/mol. The Morgan fingerprint density at radius 2 is 1.80 bits per heavy atom. The number of anilines is 1. The number of hydrogen-bond acceptors (Lipinski definition) is 6. The van der Waals surface area contributed by atoms with Crippen LogP contribution < -0.4 is 5.32 Å². The quantitative estimate of drug-likeness (QED) is 0.696. The first-order valence-electron chi connectivity index (χ1n) is 7.88. The Hall–Kier alpha value is -2.99. The Kier molecular flexibility index (Phi) is 4.63. The summed E-state index contributed by atoms with van der Waals surface area (Å²) in [5.74, 6) is -0.384. The number of esters is 1. The molecule has 0 saturated carbocycles. The molecule has 6 heteroatoms. The molecule has 0 saturated heterocycles. The first-order chi connectivity index (χ1) is 12.0. The van der Waals surface area contributed by atoms with Gasteiger partial charge in [0.15, 0.2) is 5.60 Å². The molecule has 3 aromatic rings. The summed E-state index contributed by atoms with van der Waals surface area (Å²) in [5.41, 5.74) is 0.850. The summed E-state index contributed by atoms with van der Waals surface area (Å²) in [6.07, 6.45) is 0. The number of methoxy groups -OCH3 is 1. The summed E-state index contributed by atoms with van der Waals surface area (Å²) in [6, 6.07) is 17.5. The minimum atomic E-state index is -1.67. The van der Waals surface area contributed by atoms with Gasteiger partial charge in [0.05, 0.1) is 24.9 Å². The number of aliphatic hydroxyl groups is 1. The number of nitrogens with one attached hydrogen (secondary N) is 1. The van der Waals surface area contributed by atoms with Gasteiger partial charge in [-0.15, -0.1) is 0 Å². The molecular formula is C19H19N3O3. The number of fused-ring (bicyclic) bond motifs is 1. The molecule has 0 fully saturated rings. The summed E-state index contributed by atoms with van der Waals surface area (Å²) < 4.78 is 4.60. The van der Waals surface area contributed by atoms with E-state index in [4.69, 9.17) is 0 Å². The highest BCUT2D eigenvalue weighted by Gasteiger charge is 2.31. The van der Waals surface area contributed by atoms with E-state index in [0.29, 0.717) is 5.95 Å². The van der Waals surface area contributed by atoms with E-state index in [0.717, 1.165) is 22.2 Å². The maximum atomic E-state index is 11.6. The van der Waals surface area contributed by atoms with Gasteiger partial charge in [-0.1, -0.05) is 48.5 Å². The van der Waals surface area contributed by atoms with Gasteiger partial charge < -0.3 is 15.2 Å². The first-order valence-corrected chi connectivity index (χ1v) is 7.88. The van der Waals surface area contributed by atoms with Crippen molar-refractivity contribution in [1.82, 2.24) is 9.97 Å². The summed E-state index contributed by atoms with van der Waals surface area (Å²) in [5, 5.41) is 14.0. The average Bonchev–Trinajstić information content (AvgIpc) is 2.65. The number of carbonyl (C=O) groups is 1. The highest BCUT2D eigenvalue weighted by Crippen LogP contribution is 2.27. The van der Waals surface area contributed by atoms with Crippen molar-refractivity contribution < 1.29 is 14.6 Å². The van der Waals surface area contributed by atoms with Crippen LogP contribution in [-0.2, 0) is 9.53 Å².